The third kappa shape index (κ3) is 3.98. The van der Waals surface area contributed by atoms with Crippen LogP contribution in [0, 0.1) is 0 Å². The lowest BCUT2D eigenvalue weighted by Crippen LogP contribution is -2.01. The normalized spacial score (nSPS) is 9.80. The molecule has 0 aliphatic heterocycles. The molecule has 82 valence electrons. The Balaban J connectivity index is 2.58. The van der Waals surface area contributed by atoms with E-state index in [0.717, 1.165) is 0 Å². The van der Waals surface area contributed by atoms with Gasteiger partial charge in [0.25, 0.3) is 0 Å². The summed E-state index contributed by atoms with van der Waals surface area (Å²) in [7, 11) is 1.55. The van der Waals surface area contributed by atoms with Crippen molar-refractivity contribution in [3.8, 4) is 11.5 Å². The molecule has 0 aliphatic carbocycles. The predicted octanol–water partition coefficient (Wildman–Crippen LogP) is 2.88. The zero-order chi connectivity index (χ0) is 11.3. The maximum Gasteiger partial charge on any atom is 0.225 e. The summed E-state index contributed by atoms with van der Waals surface area (Å²) in [5.41, 5.74) is 0. The number of hydrogen-bond donors (Lipinski definition) is 0. The molecule has 3 nitrogen and oxygen atoms in total. The summed E-state index contributed by atoms with van der Waals surface area (Å²) in [6, 6.07) is 5.04. The molecular weight excluding hydrogens is 239 g/mol. The number of methoxy groups -OCH3 is 1. The van der Waals surface area contributed by atoms with Crippen LogP contribution >= 0.6 is 23.2 Å². The second-order valence-corrected chi connectivity index (χ2v) is 3.58. The van der Waals surface area contributed by atoms with Crippen molar-refractivity contribution in [1.29, 1.82) is 0 Å². The van der Waals surface area contributed by atoms with Crippen molar-refractivity contribution in [3.05, 3.63) is 23.2 Å². The van der Waals surface area contributed by atoms with E-state index < -0.39 is 5.24 Å². The summed E-state index contributed by atoms with van der Waals surface area (Å²) in [6.45, 7) is 0.217. The summed E-state index contributed by atoms with van der Waals surface area (Å²) in [5, 5.41) is 0.0102. The first-order valence-corrected chi connectivity index (χ1v) is 5.03. The van der Waals surface area contributed by atoms with Gasteiger partial charge in [0.2, 0.25) is 5.24 Å². The van der Waals surface area contributed by atoms with E-state index in [1.165, 1.54) is 0 Å². The lowest BCUT2D eigenvalue weighted by Gasteiger charge is -2.07. The number of carbonyl (C=O) groups is 1. The predicted molar refractivity (Wildman–Crippen MR) is 59.0 cm³/mol. The molecular formula is C10H10Cl2O3. The van der Waals surface area contributed by atoms with Gasteiger partial charge in [-0.2, -0.15) is 0 Å². The first-order chi connectivity index (χ1) is 7.13. The van der Waals surface area contributed by atoms with Crippen molar-refractivity contribution in [2.45, 2.75) is 6.42 Å². The Morgan fingerprint density at radius 1 is 1.47 bits per heavy atom. The van der Waals surface area contributed by atoms with Crippen LogP contribution in [0.5, 0.6) is 11.5 Å². The molecule has 0 saturated carbocycles. The highest BCUT2D eigenvalue weighted by Crippen LogP contribution is 2.28. The molecule has 0 heterocycles. The van der Waals surface area contributed by atoms with Crippen LogP contribution in [0.15, 0.2) is 18.2 Å². The molecule has 0 fully saturated rings. The standard InChI is InChI=1S/C10H10Cl2O3/c1-14-7-2-3-9(8(11)6-7)15-5-4-10(12)13/h2-3,6H,4-5H2,1H3. The van der Waals surface area contributed by atoms with Crippen LogP contribution in [-0.4, -0.2) is 19.0 Å². The van der Waals surface area contributed by atoms with Crippen molar-refractivity contribution < 1.29 is 14.3 Å². The third-order valence-electron chi connectivity index (χ3n) is 1.70. The fraction of sp³-hybridized carbons (Fsp3) is 0.300. The van der Waals surface area contributed by atoms with E-state index in [0.29, 0.717) is 16.5 Å². The molecule has 0 bridgehead atoms. The largest absolute Gasteiger partial charge is 0.497 e. The molecule has 0 aromatic heterocycles. The Morgan fingerprint density at radius 2 is 2.20 bits per heavy atom. The fourth-order valence-corrected chi connectivity index (χ4v) is 1.27. The van der Waals surface area contributed by atoms with Gasteiger partial charge in [0, 0.05) is 6.07 Å². The Bertz CT molecular complexity index is 353. The van der Waals surface area contributed by atoms with E-state index in [4.69, 9.17) is 32.7 Å². The summed E-state index contributed by atoms with van der Waals surface area (Å²) < 4.78 is 10.2. The van der Waals surface area contributed by atoms with Crippen LogP contribution in [-0.2, 0) is 4.79 Å². The highest BCUT2D eigenvalue weighted by Gasteiger charge is 2.04. The van der Waals surface area contributed by atoms with E-state index in [9.17, 15) is 4.79 Å². The molecule has 1 aromatic carbocycles. The van der Waals surface area contributed by atoms with Gasteiger partial charge in [-0.1, -0.05) is 11.6 Å². The highest BCUT2D eigenvalue weighted by atomic mass is 35.5. The lowest BCUT2D eigenvalue weighted by atomic mass is 10.3. The van der Waals surface area contributed by atoms with E-state index >= 15 is 0 Å². The molecule has 0 aliphatic rings. The minimum Gasteiger partial charge on any atom is -0.497 e. The number of ether oxygens (including phenoxy) is 2. The summed E-state index contributed by atoms with van der Waals surface area (Å²) in [4.78, 5) is 10.5. The molecule has 1 rings (SSSR count). The monoisotopic (exact) mass is 248 g/mol. The van der Waals surface area contributed by atoms with Crippen LogP contribution in [0.2, 0.25) is 5.02 Å². The maximum atomic E-state index is 10.5. The van der Waals surface area contributed by atoms with Crippen molar-refractivity contribution in [1.82, 2.24) is 0 Å². The first kappa shape index (κ1) is 12.1. The molecule has 0 amide bonds. The summed E-state index contributed by atoms with van der Waals surface area (Å²) in [5.74, 6) is 1.16. The first-order valence-electron chi connectivity index (χ1n) is 4.28. The fourth-order valence-electron chi connectivity index (χ4n) is 0.967. The van der Waals surface area contributed by atoms with Crippen molar-refractivity contribution >= 4 is 28.4 Å². The quantitative estimate of drug-likeness (QED) is 0.752. The average molecular weight is 249 g/mol. The van der Waals surface area contributed by atoms with Crippen molar-refractivity contribution in [2.75, 3.05) is 13.7 Å². The Hall–Kier alpha value is -0.930. The number of halogens is 2. The molecule has 0 saturated heterocycles. The Labute approximate surface area is 97.9 Å². The Kier molecular flexibility index (Phi) is 4.72. The van der Waals surface area contributed by atoms with Gasteiger partial charge in [-0.3, -0.25) is 4.79 Å². The zero-order valence-electron chi connectivity index (χ0n) is 8.13. The van der Waals surface area contributed by atoms with Gasteiger partial charge in [-0.25, -0.2) is 0 Å². The third-order valence-corrected chi connectivity index (χ3v) is 2.18. The molecule has 0 radical (unpaired) electrons. The number of hydrogen-bond acceptors (Lipinski definition) is 3. The zero-order valence-corrected chi connectivity index (χ0v) is 9.64. The smallest absolute Gasteiger partial charge is 0.225 e. The topological polar surface area (TPSA) is 35.5 Å². The number of rotatable bonds is 5. The SMILES string of the molecule is COc1ccc(OCCC(=O)Cl)c(Cl)c1. The van der Waals surface area contributed by atoms with Gasteiger partial charge in [-0.05, 0) is 23.7 Å². The minimum atomic E-state index is -0.431. The van der Waals surface area contributed by atoms with E-state index in [1.807, 2.05) is 0 Å². The van der Waals surface area contributed by atoms with Crippen molar-refractivity contribution in [3.63, 3.8) is 0 Å². The van der Waals surface area contributed by atoms with Gasteiger partial charge in [-0.15, -0.1) is 0 Å². The molecule has 15 heavy (non-hydrogen) atoms. The summed E-state index contributed by atoms with van der Waals surface area (Å²) in [6.07, 6.45) is 0.157. The van der Waals surface area contributed by atoms with Crippen LogP contribution in [0.25, 0.3) is 0 Å². The molecule has 0 atom stereocenters. The number of benzene rings is 1. The van der Waals surface area contributed by atoms with E-state index in [2.05, 4.69) is 0 Å². The molecule has 1 aromatic rings. The van der Waals surface area contributed by atoms with E-state index in [1.54, 1.807) is 25.3 Å². The molecule has 0 N–H and O–H groups in total. The van der Waals surface area contributed by atoms with Gasteiger partial charge in [0.05, 0.1) is 25.2 Å². The minimum absolute atomic E-state index is 0.157. The maximum absolute atomic E-state index is 10.5. The summed E-state index contributed by atoms with van der Waals surface area (Å²) >= 11 is 11.1. The van der Waals surface area contributed by atoms with Gasteiger partial charge < -0.3 is 9.47 Å². The Morgan fingerprint density at radius 3 is 2.73 bits per heavy atom. The number of carbonyl (C=O) groups excluding carboxylic acids is 1. The van der Waals surface area contributed by atoms with Crippen LogP contribution in [0.1, 0.15) is 6.42 Å². The van der Waals surface area contributed by atoms with E-state index in [-0.39, 0.29) is 13.0 Å². The van der Waals surface area contributed by atoms with Crippen LogP contribution in [0.4, 0.5) is 0 Å². The van der Waals surface area contributed by atoms with Gasteiger partial charge in [0.15, 0.2) is 0 Å². The highest BCUT2D eigenvalue weighted by molar-refractivity contribution is 6.63. The molecule has 0 spiro atoms. The van der Waals surface area contributed by atoms with Crippen LogP contribution < -0.4 is 9.47 Å². The second-order valence-electron chi connectivity index (χ2n) is 2.75. The molecule has 5 heteroatoms. The van der Waals surface area contributed by atoms with Crippen molar-refractivity contribution in [2.24, 2.45) is 0 Å². The van der Waals surface area contributed by atoms with Crippen LogP contribution in [0.3, 0.4) is 0 Å². The second kappa shape index (κ2) is 5.83. The average Bonchev–Trinajstić information content (AvgIpc) is 2.20. The molecule has 0 unspecified atom stereocenters. The lowest BCUT2D eigenvalue weighted by molar-refractivity contribution is -0.112. The van der Waals surface area contributed by atoms with Gasteiger partial charge >= 0.3 is 0 Å². The van der Waals surface area contributed by atoms with Gasteiger partial charge in [0.1, 0.15) is 11.5 Å².